The Kier molecular flexibility index (Phi) is 7.01. The Labute approximate surface area is 158 Å². The number of rotatable bonds is 3. The quantitative estimate of drug-likeness (QED) is 0.491. The van der Waals surface area contributed by atoms with Gasteiger partial charge in [-0.1, -0.05) is 46.6 Å². The van der Waals surface area contributed by atoms with E-state index < -0.39 is 16.2 Å². The molecule has 2 rings (SSSR count). The van der Waals surface area contributed by atoms with E-state index in [1.165, 1.54) is 11.1 Å². The molecule has 0 heterocycles. The van der Waals surface area contributed by atoms with Crippen molar-refractivity contribution in [1.82, 2.24) is 0 Å². The molecule has 1 unspecified atom stereocenters. The van der Waals surface area contributed by atoms with Crippen molar-refractivity contribution in [2.45, 2.75) is 71.3 Å². The van der Waals surface area contributed by atoms with Crippen molar-refractivity contribution in [3.05, 3.63) is 64.3 Å². The molecule has 1 aromatic rings. The van der Waals surface area contributed by atoms with Crippen LogP contribution in [-0.2, 0) is 14.3 Å². The van der Waals surface area contributed by atoms with Crippen LogP contribution in [0.4, 0.5) is 0 Å². The largest absolute Gasteiger partial charge is 0.297 e. The summed E-state index contributed by atoms with van der Waals surface area (Å²) in [5, 5.41) is 0. The maximum atomic E-state index is 12.8. The lowest BCUT2D eigenvalue weighted by atomic mass is 9.93. The first-order valence-corrected chi connectivity index (χ1v) is 10.6. The lowest BCUT2D eigenvalue weighted by Gasteiger charge is -2.23. The summed E-state index contributed by atoms with van der Waals surface area (Å²) in [5.41, 5.74) is 5.69. The Morgan fingerprint density at radius 3 is 2.27 bits per heavy atom. The Hall–Kier alpha value is -1.65. The van der Waals surface area contributed by atoms with Gasteiger partial charge in [-0.2, -0.15) is 8.42 Å². The van der Waals surface area contributed by atoms with Gasteiger partial charge in [-0.3, -0.25) is 4.18 Å². The molecule has 0 saturated carbocycles. The van der Waals surface area contributed by atoms with E-state index in [1.54, 1.807) is 24.3 Å². The first kappa shape index (κ1) is 20.7. The Balaban J connectivity index is 2.39. The molecule has 0 spiro atoms. The van der Waals surface area contributed by atoms with Crippen LogP contribution in [-0.4, -0.2) is 14.5 Å². The topological polar surface area (TPSA) is 43.4 Å². The van der Waals surface area contributed by atoms with Crippen molar-refractivity contribution < 1.29 is 12.6 Å². The highest BCUT2D eigenvalue weighted by Crippen LogP contribution is 2.28. The third-order valence-corrected chi connectivity index (χ3v) is 6.13. The lowest BCUT2D eigenvalue weighted by Crippen LogP contribution is -2.22. The van der Waals surface area contributed by atoms with Gasteiger partial charge in [-0.15, -0.1) is 0 Å². The minimum absolute atomic E-state index is 0.210. The van der Waals surface area contributed by atoms with Crippen molar-refractivity contribution in [3.8, 4) is 0 Å². The summed E-state index contributed by atoms with van der Waals surface area (Å²) >= 11 is 0. The van der Waals surface area contributed by atoms with Gasteiger partial charge in [-0.05, 0) is 78.0 Å². The van der Waals surface area contributed by atoms with Crippen molar-refractivity contribution in [3.63, 3.8) is 0 Å². The van der Waals surface area contributed by atoms with E-state index in [0.29, 0.717) is 6.42 Å². The third-order valence-electron chi connectivity index (χ3n) is 4.79. The molecule has 0 N–H and O–H groups in total. The maximum absolute atomic E-state index is 12.8. The summed E-state index contributed by atoms with van der Waals surface area (Å²) in [6.07, 6.45) is 7.28. The highest BCUT2D eigenvalue weighted by Gasteiger charge is 2.25. The molecule has 1 aliphatic rings. The number of allylic oxidation sites excluding steroid dienone is 4. The molecule has 4 heteroatoms. The molecule has 0 fully saturated rings. The van der Waals surface area contributed by atoms with Gasteiger partial charge < -0.3 is 0 Å². The molecule has 142 valence electrons. The predicted octanol–water partition coefficient (Wildman–Crippen LogP) is 5.87. The minimum atomic E-state index is -3.81. The second-order valence-corrected chi connectivity index (χ2v) is 9.00. The highest BCUT2D eigenvalue weighted by atomic mass is 32.2. The van der Waals surface area contributed by atoms with Gasteiger partial charge in [0.25, 0.3) is 10.1 Å². The van der Waals surface area contributed by atoms with Gasteiger partial charge in [-0.25, -0.2) is 0 Å². The third kappa shape index (κ3) is 5.68. The second-order valence-electron chi connectivity index (χ2n) is 7.43. The lowest BCUT2D eigenvalue weighted by molar-refractivity contribution is 0.240. The van der Waals surface area contributed by atoms with Gasteiger partial charge in [0, 0.05) is 0 Å². The van der Waals surface area contributed by atoms with Crippen LogP contribution in [0, 0.1) is 6.92 Å². The molecular formula is C22H30O3S. The van der Waals surface area contributed by atoms with Crippen LogP contribution in [0.2, 0.25) is 0 Å². The van der Waals surface area contributed by atoms with E-state index in [4.69, 9.17) is 4.18 Å². The molecule has 26 heavy (non-hydrogen) atoms. The SMILES string of the molecule is CC(C)=C1C/C=C(\C)CC/C=C(\C)CC1OS(=O)(=O)c1ccc(C)cc1. The zero-order chi connectivity index (χ0) is 19.3. The van der Waals surface area contributed by atoms with Crippen LogP contribution < -0.4 is 0 Å². The number of hydrogen-bond donors (Lipinski definition) is 0. The van der Waals surface area contributed by atoms with E-state index in [2.05, 4.69) is 26.0 Å². The summed E-state index contributed by atoms with van der Waals surface area (Å²) < 4.78 is 31.4. The fourth-order valence-electron chi connectivity index (χ4n) is 3.09. The van der Waals surface area contributed by atoms with E-state index in [0.717, 1.165) is 36.0 Å². The fraction of sp³-hybridized carbons (Fsp3) is 0.455. The van der Waals surface area contributed by atoms with Crippen LogP contribution in [0.15, 0.2) is 63.6 Å². The number of aryl methyl sites for hydroxylation is 1. The highest BCUT2D eigenvalue weighted by molar-refractivity contribution is 7.86. The van der Waals surface area contributed by atoms with Crippen LogP contribution in [0.5, 0.6) is 0 Å². The smallest absolute Gasteiger partial charge is 0.258 e. The molecule has 0 radical (unpaired) electrons. The second kappa shape index (κ2) is 8.83. The minimum Gasteiger partial charge on any atom is -0.258 e. The number of hydrogen-bond acceptors (Lipinski definition) is 3. The Morgan fingerprint density at radius 2 is 1.65 bits per heavy atom. The Morgan fingerprint density at radius 1 is 1.00 bits per heavy atom. The van der Waals surface area contributed by atoms with Gasteiger partial charge in [0.2, 0.25) is 0 Å². The molecule has 1 aromatic carbocycles. The summed E-state index contributed by atoms with van der Waals surface area (Å²) in [5.74, 6) is 0. The summed E-state index contributed by atoms with van der Waals surface area (Å²) in [7, 11) is -3.81. The summed E-state index contributed by atoms with van der Waals surface area (Å²) in [6, 6.07) is 6.81. The van der Waals surface area contributed by atoms with Gasteiger partial charge >= 0.3 is 0 Å². The van der Waals surface area contributed by atoms with E-state index in [1.807, 2.05) is 20.8 Å². The van der Waals surface area contributed by atoms with Gasteiger partial charge in [0.05, 0.1) is 4.90 Å². The average Bonchev–Trinajstić information content (AvgIpc) is 2.54. The van der Waals surface area contributed by atoms with Crippen molar-refractivity contribution >= 4 is 10.1 Å². The molecular weight excluding hydrogens is 344 g/mol. The molecule has 0 aliphatic heterocycles. The monoisotopic (exact) mass is 374 g/mol. The first-order valence-electron chi connectivity index (χ1n) is 9.16. The van der Waals surface area contributed by atoms with Gasteiger partial charge in [0.1, 0.15) is 6.10 Å². The number of benzene rings is 1. The van der Waals surface area contributed by atoms with Crippen LogP contribution >= 0.6 is 0 Å². The molecule has 1 aliphatic carbocycles. The zero-order valence-corrected chi connectivity index (χ0v) is 17.3. The van der Waals surface area contributed by atoms with E-state index in [9.17, 15) is 8.42 Å². The maximum Gasteiger partial charge on any atom is 0.297 e. The van der Waals surface area contributed by atoms with E-state index in [-0.39, 0.29) is 4.90 Å². The summed E-state index contributed by atoms with van der Waals surface area (Å²) in [4.78, 5) is 0.210. The predicted molar refractivity (Wildman–Crippen MR) is 108 cm³/mol. The standard InChI is InChI=1S/C22H30O3S/c1-16(2)21-14-11-17(3)7-6-8-19(5)15-22(21)25-26(23,24)20-12-9-18(4)10-13-20/h8-13,22H,6-7,14-15H2,1-5H3/b17-11+,19-8+. The molecule has 0 saturated heterocycles. The van der Waals surface area contributed by atoms with Crippen molar-refractivity contribution in [2.24, 2.45) is 0 Å². The molecule has 1 atom stereocenters. The molecule has 3 nitrogen and oxygen atoms in total. The summed E-state index contributed by atoms with van der Waals surface area (Å²) in [6.45, 7) is 10.2. The zero-order valence-electron chi connectivity index (χ0n) is 16.5. The fourth-order valence-corrected chi connectivity index (χ4v) is 4.17. The van der Waals surface area contributed by atoms with Crippen LogP contribution in [0.3, 0.4) is 0 Å². The average molecular weight is 375 g/mol. The molecule has 0 aromatic heterocycles. The Bertz CT molecular complexity index is 821. The first-order chi connectivity index (χ1) is 12.2. The van der Waals surface area contributed by atoms with Crippen molar-refractivity contribution in [1.29, 1.82) is 0 Å². The van der Waals surface area contributed by atoms with Crippen LogP contribution in [0.25, 0.3) is 0 Å². The normalized spacial score (nSPS) is 23.6. The van der Waals surface area contributed by atoms with Crippen molar-refractivity contribution in [2.75, 3.05) is 0 Å². The van der Waals surface area contributed by atoms with E-state index >= 15 is 0 Å². The molecule has 0 amide bonds. The van der Waals surface area contributed by atoms with Gasteiger partial charge in [0.15, 0.2) is 0 Å². The van der Waals surface area contributed by atoms with Crippen LogP contribution in [0.1, 0.15) is 58.9 Å². The molecule has 0 bridgehead atoms.